The number of thioether (sulfide) groups is 1. The molecule has 1 aromatic rings. The van der Waals surface area contributed by atoms with Gasteiger partial charge < -0.3 is 4.52 Å². The molecule has 0 aliphatic heterocycles. The van der Waals surface area contributed by atoms with Gasteiger partial charge in [-0.3, -0.25) is 0 Å². The SMILES string of the molecule is Cc1noc(C)c1S(=O)(=O)NCCSC1CCCC1. The van der Waals surface area contributed by atoms with E-state index >= 15 is 0 Å². The molecule has 0 spiro atoms. The average Bonchev–Trinajstić information content (AvgIpc) is 2.95. The third-order valence-corrected chi connectivity index (χ3v) is 6.37. The van der Waals surface area contributed by atoms with E-state index in [4.69, 9.17) is 4.52 Å². The molecule has 1 N–H and O–H groups in total. The monoisotopic (exact) mass is 304 g/mol. The van der Waals surface area contributed by atoms with Crippen molar-refractivity contribution in [3.63, 3.8) is 0 Å². The molecule has 0 bridgehead atoms. The molecule has 1 aromatic heterocycles. The summed E-state index contributed by atoms with van der Waals surface area (Å²) in [6.07, 6.45) is 5.15. The number of aromatic nitrogens is 1. The first-order chi connectivity index (χ1) is 9.00. The van der Waals surface area contributed by atoms with Crippen LogP contribution in [-0.2, 0) is 10.0 Å². The van der Waals surface area contributed by atoms with Crippen molar-refractivity contribution in [1.29, 1.82) is 0 Å². The molecule has 19 heavy (non-hydrogen) atoms. The van der Waals surface area contributed by atoms with E-state index in [0.29, 0.717) is 23.2 Å². The number of nitrogens with zero attached hydrogens (tertiary/aromatic N) is 1. The zero-order chi connectivity index (χ0) is 13.9. The van der Waals surface area contributed by atoms with Gasteiger partial charge in [-0.2, -0.15) is 11.8 Å². The van der Waals surface area contributed by atoms with Crippen LogP contribution in [0.5, 0.6) is 0 Å². The van der Waals surface area contributed by atoms with Crippen molar-refractivity contribution >= 4 is 21.8 Å². The molecular formula is C12H20N2O3S2. The van der Waals surface area contributed by atoms with Gasteiger partial charge in [-0.25, -0.2) is 13.1 Å². The van der Waals surface area contributed by atoms with Crippen LogP contribution in [0.25, 0.3) is 0 Å². The zero-order valence-corrected chi connectivity index (χ0v) is 12.9. The quantitative estimate of drug-likeness (QED) is 0.816. The largest absolute Gasteiger partial charge is 0.360 e. The fourth-order valence-corrected chi connectivity index (χ4v) is 5.09. The molecule has 1 saturated carbocycles. The van der Waals surface area contributed by atoms with Crippen LogP contribution in [0.1, 0.15) is 37.1 Å². The predicted molar refractivity (Wildman–Crippen MR) is 75.9 cm³/mol. The second-order valence-electron chi connectivity index (χ2n) is 4.83. The lowest BCUT2D eigenvalue weighted by atomic mass is 10.4. The van der Waals surface area contributed by atoms with Crippen LogP contribution in [-0.4, -0.2) is 31.1 Å². The smallest absolute Gasteiger partial charge is 0.245 e. The van der Waals surface area contributed by atoms with E-state index in [9.17, 15) is 8.42 Å². The van der Waals surface area contributed by atoms with E-state index in [1.165, 1.54) is 25.7 Å². The first-order valence-electron chi connectivity index (χ1n) is 6.55. The van der Waals surface area contributed by atoms with Crippen molar-refractivity contribution in [2.45, 2.75) is 49.7 Å². The molecule has 1 aliphatic carbocycles. The van der Waals surface area contributed by atoms with Gasteiger partial charge >= 0.3 is 0 Å². The van der Waals surface area contributed by atoms with E-state index in [2.05, 4.69) is 9.88 Å². The van der Waals surface area contributed by atoms with Crippen LogP contribution in [0.15, 0.2) is 9.42 Å². The molecular weight excluding hydrogens is 284 g/mol. The summed E-state index contributed by atoms with van der Waals surface area (Å²) < 4.78 is 31.7. The van der Waals surface area contributed by atoms with E-state index in [-0.39, 0.29) is 4.90 Å². The topological polar surface area (TPSA) is 72.2 Å². The Morgan fingerprint density at radius 1 is 1.37 bits per heavy atom. The van der Waals surface area contributed by atoms with Crippen LogP contribution in [0, 0.1) is 13.8 Å². The highest BCUT2D eigenvalue weighted by atomic mass is 32.2. The molecule has 0 saturated heterocycles. The predicted octanol–water partition coefficient (Wildman–Crippen LogP) is 2.25. The van der Waals surface area contributed by atoms with Gasteiger partial charge in [0.15, 0.2) is 5.76 Å². The fourth-order valence-electron chi connectivity index (χ4n) is 2.39. The standard InChI is InChI=1S/C12H20N2O3S2/c1-9-12(10(2)17-14-9)19(15,16)13-7-8-18-11-5-3-4-6-11/h11,13H,3-8H2,1-2H3. The van der Waals surface area contributed by atoms with Gasteiger partial charge in [-0.15, -0.1) is 0 Å². The van der Waals surface area contributed by atoms with Crippen LogP contribution in [0.4, 0.5) is 0 Å². The van der Waals surface area contributed by atoms with E-state index in [0.717, 1.165) is 5.75 Å². The Kier molecular flexibility index (Phi) is 4.92. The minimum Gasteiger partial charge on any atom is -0.360 e. The lowest BCUT2D eigenvalue weighted by Crippen LogP contribution is -2.27. The van der Waals surface area contributed by atoms with Gasteiger partial charge in [0.05, 0.1) is 0 Å². The van der Waals surface area contributed by atoms with Gasteiger partial charge in [0.1, 0.15) is 10.6 Å². The lowest BCUT2D eigenvalue weighted by Gasteiger charge is -2.09. The average molecular weight is 304 g/mol. The Morgan fingerprint density at radius 3 is 2.63 bits per heavy atom. The Hall–Kier alpha value is -0.530. The van der Waals surface area contributed by atoms with Crippen molar-refractivity contribution in [3.8, 4) is 0 Å². The maximum Gasteiger partial charge on any atom is 0.245 e. The molecule has 1 aliphatic rings. The molecule has 0 amide bonds. The molecule has 0 atom stereocenters. The van der Waals surface area contributed by atoms with E-state index < -0.39 is 10.0 Å². The normalized spacial score (nSPS) is 17.2. The number of sulfonamides is 1. The van der Waals surface area contributed by atoms with Crippen molar-refractivity contribution in [2.75, 3.05) is 12.3 Å². The van der Waals surface area contributed by atoms with Gasteiger partial charge in [0.25, 0.3) is 0 Å². The summed E-state index contributed by atoms with van der Waals surface area (Å²) in [5.41, 5.74) is 0.411. The second-order valence-corrected chi connectivity index (χ2v) is 7.94. The molecule has 0 unspecified atom stereocenters. The zero-order valence-electron chi connectivity index (χ0n) is 11.3. The molecule has 0 aromatic carbocycles. The number of nitrogens with one attached hydrogen (secondary N) is 1. The van der Waals surface area contributed by atoms with Crippen molar-refractivity contribution in [1.82, 2.24) is 9.88 Å². The minimum absolute atomic E-state index is 0.179. The van der Waals surface area contributed by atoms with Crippen LogP contribution in [0.2, 0.25) is 0 Å². The number of rotatable bonds is 6. The summed E-state index contributed by atoms with van der Waals surface area (Å²) in [5.74, 6) is 1.15. The van der Waals surface area contributed by atoms with Gasteiger partial charge in [0.2, 0.25) is 10.0 Å². The maximum absolute atomic E-state index is 12.1. The molecule has 5 nitrogen and oxygen atoms in total. The van der Waals surface area contributed by atoms with Crippen molar-refractivity contribution in [2.24, 2.45) is 0 Å². The summed E-state index contributed by atoms with van der Waals surface area (Å²) in [7, 11) is -3.49. The minimum atomic E-state index is -3.49. The Labute approximate surface area is 118 Å². The Morgan fingerprint density at radius 2 is 2.05 bits per heavy atom. The van der Waals surface area contributed by atoms with E-state index in [1.54, 1.807) is 13.8 Å². The summed E-state index contributed by atoms with van der Waals surface area (Å²) >= 11 is 1.86. The number of hydrogen-bond donors (Lipinski definition) is 1. The maximum atomic E-state index is 12.1. The fraction of sp³-hybridized carbons (Fsp3) is 0.750. The van der Waals surface area contributed by atoms with Crippen LogP contribution >= 0.6 is 11.8 Å². The summed E-state index contributed by atoms with van der Waals surface area (Å²) in [6.45, 7) is 3.70. The van der Waals surface area contributed by atoms with Gasteiger partial charge in [0, 0.05) is 17.5 Å². The molecule has 108 valence electrons. The number of hydrogen-bond acceptors (Lipinski definition) is 5. The summed E-state index contributed by atoms with van der Waals surface area (Å²) in [6, 6.07) is 0. The highest BCUT2D eigenvalue weighted by molar-refractivity contribution is 8.00. The molecule has 1 fully saturated rings. The lowest BCUT2D eigenvalue weighted by molar-refractivity contribution is 0.390. The highest BCUT2D eigenvalue weighted by Gasteiger charge is 2.23. The highest BCUT2D eigenvalue weighted by Crippen LogP contribution is 2.29. The molecule has 2 rings (SSSR count). The molecule has 7 heteroatoms. The first-order valence-corrected chi connectivity index (χ1v) is 9.08. The van der Waals surface area contributed by atoms with Gasteiger partial charge in [-0.05, 0) is 26.7 Å². The number of aryl methyl sites for hydroxylation is 2. The summed E-state index contributed by atoms with van der Waals surface area (Å²) in [5, 5.41) is 4.39. The Bertz CT molecular complexity index is 500. The molecule has 0 radical (unpaired) electrons. The third kappa shape index (κ3) is 3.73. The molecule has 1 heterocycles. The second kappa shape index (κ2) is 6.28. The first kappa shape index (κ1) is 14.9. The van der Waals surface area contributed by atoms with E-state index in [1.807, 2.05) is 11.8 Å². The van der Waals surface area contributed by atoms with Gasteiger partial charge in [-0.1, -0.05) is 18.0 Å². The Balaban J connectivity index is 1.84. The van der Waals surface area contributed by atoms with Crippen molar-refractivity contribution < 1.29 is 12.9 Å². The third-order valence-electron chi connectivity index (χ3n) is 3.29. The van der Waals surface area contributed by atoms with Crippen LogP contribution in [0.3, 0.4) is 0 Å². The summed E-state index contributed by atoms with van der Waals surface area (Å²) in [4.78, 5) is 0.179. The van der Waals surface area contributed by atoms with Crippen LogP contribution < -0.4 is 4.72 Å². The van der Waals surface area contributed by atoms with Crippen molar-refractivity contribution in [3.05, 3.63) is 11.5 Å².